The largest absolute Gasteiger partial charge is 0.361 e. The van der Waals surface area contributed by atoms with Crippen molar-refractivity contribution in [2.75, 3.05) is 6.54 Å². The van der Waals surface area contributed by atoms with Crippen molar-refractivity contribution in [3.05, 3.63) is 35.9 Å². The minimum atomic E-state index is -0.901. The Morgan fingerprint density at radius 1 is 1.24 bits per heavy atom. The summed E-state index contributed by atoms with van der Waals surface area (Å²) in [5.74, 6) is -1.23. The molecule has 0 saturated carbocycles. The number of rotatable bonds is 4. The van der Waals surface area contributed by atoms with Crippen LogP contribution in [-0.4, -0.2) is 23.3 Å². The van der Waals surface area contributed by atoms with Gasteiger partial charge in [-0.2, -0.15) is 0 Å². The predicted octanol–water partition coefficient (Wildman–Crippen LogP) is 1.16. The van der Waals surface area contributed by atoms with E-state index in [2.05, 4.69) is 0 Å². The summed E-state index contributed by atoms with van der Waals surface area (Å²) in [6.07, 6.45) is 0. The zero-order valence-electron chi connectivity index (χ0n) is 10.2. The SMILES string of the molecule is CC(C)CN(Cc1ccccc1)C(=O)C(N)=O. The molecule has 0 radical (unpaired) electrons. The van der Waals surface area contributed by atoms with Gasteiger partial charge in [0.2, 0.25) is 0 Å². The molecular formula is C13H18N2O2. The highest BCUT2D eigenvalue weighted by atomic mass is 16.2. The predicted molar refractivity (Wildman–Crippen MR) is 65.9 cm³/mol. The Labute approximate surface area is 101 Å². The molecule has 0 fully saturated rings. The maximum atomic E-state index is 11.6. The number of nitrogens with zero attached hydrogens (tertiary/aromatic N) is 1. The molecular weight excluding hydrogens is 216 g/mol. The molecule has 17 heavy (non-hydrogen) atoms. The number of hydrogen-bond donors (Lipinski definition) is 1. The zero-order valence-corrected chi connectivity index (χ0v) is 10.2. The summed E-state index contributed by atoms with van der Waals surface area (Å²) in [6.45, 7) is 4.93. The number of benzene rings is 1. The van der Waals surface area contributed by atoms with E-state index in [1.165, 1.54) is 4.90 Å². The molecule has 1 aromatic rings. The summed E-state index contributed by atoms with van der Waals surface area (Å²) in [5, 5.41) is 0. The Balaban J connectivity index is 2.77. The monoisotopic (exact) mass is 234 g/mol. The van der Waals surface area contributed by atoms with Gasteiger partial charge >= 0.3 is 11.8 Å². The van der Waals surface area contributed by atoms with E-state index in [4.69, 9.17) is 5.73 Å². The molecule has 0 spiro atoms. The molecule has 0 bridgehead atoms. The van der Waals surface area contributed by atoms with Gasteiger partial charge in [-0.05, 0) is 11.5 Å². The first-order chi connectivity index (χ1) is 8.00. The van der Waals surface area contributed by atoms with Crippen LogP contribution in [0.3, 0.4) is 0 Å². The van der Waals surface area contributed by atoms with E-state index in [-0.39, 0.29) is 0 Å². The van der Waals surface area contributed by atoms with Gasteiger partial charge in [-0.15, -0.1) is 0 Å². The highest BCUT2D eigenvalue weighted by Crippen LogP contribution is 2.07. The molecule has 92 valence electrons. The molecule has 0 saturated heterocycles. The first-order valence-corrected chi connectivity index (χ1v) is 5.63. The molecule has 0 atom stereocenters. The first-order valence-electron chi connectivity index (χ1n) is 5.63. The quantitative estimate of drug-likeness (QED) is 0.794. The van der Waals surface area contributed by atoms with Crippen LogP contribution in [0, 0.1) is 5.92 Å². The molecule has 1 aromatic carbocycles. The van der Waals surface area contributed by atoms with Crippen LogP contribution in [-0.2, 0) is 16.1 Å². The number of amides is 2. The van der Waals surface area contributed by atoms with Crippen molar-refractivity contribution < 1.29 is 9.59 Å². The second-order valence-electron chi connectivity index (χ2n) is 4.43. The molecule has 0 unspecified atom stereocenters. The van der Waals surface area contributed by atoms with Crippen molar-refractivity contribution in [2.45, 2.75) is 20.4 Å². The summed E-state index contributed by atoms with van der Waals surface area (Å²) < 4.78 is 0. The molecule has 4 heteroatoms. The molecule has 4 nitrogen and oxygen atoms in total. The van der Waals surface area contributed by atoms with Gasteiger partial charge in [-0.25, -0.2) is 0 Å². The minimum absolute atomic E-state index is 0.294. The van der Waals surface area contributed by atoms with E-state index in [1.54, 1.807) is 0 Å². The van der Waals surface area contributed by atoms with Crippen LogP contribution in [0.15, 0.2) is 30.3 Å². The molecule has 0 aliphatic heterocycles. The molecule has 2 amide bonds. The van der Waals surface area contributed by atoms with Crippen molar-refractivity contribution in [1.82, 2.24) is 4.90 Å². The van der Waals surface area contributed by atoms with Crippen LogP contribution in [0.1, 0.15) is 19.4 Å². The van der Waals surface area contributed by atoms with E-state index < -0.39 is 11.8 Å². The number of primary amides is 1. The van der Waals surface area contributed by atoms with Gasteiger partial charge in [0.15, 0.2) is 0 Å². The van der Waals surface area contributed by atoms with Crippen molar-refractivity contribution in [2.24, 2.45) is 11.7 Å². The van der Waals surface area contributed by atoms with Gasteiger partial charge in [0, 0.05) is 13.1 Å². The summed E-state index contributed by atoms with van der Waals surface area (Å²) in [6, 6.07) is 9.55. The Morgan fingerprint density at radius 3 is 2.29 bits per heavy atom. The third-order valence-electron chi connectivity index (χ3n) is 2.30. The lowest BCUT2D eigenvalue weighted by atomic mass is 10.1. The maximum absolute atomic E-state index is 11.6. The maximum Gasteiger partial charge on any atom is 0.311 e. The Kier molecular flexibility index (Phi) is 4.69. The van der Waals surface area contributed by atoms with Gasteiger partial charge in [-0.1, -0.05) is 44.2 Å². The van der Waals surface area contributed by atoms with Gasteiger partial charge < -0.3 is 10.6 Å². The highest BCUT2D eigenvalue weighted by Gasteiger charge is 2.19. The molecule has 2 N–H and O–H groups in total. The lowest BCUT2D eigenvalue weighted by molar-refractivity contribution is -0.144. The third kappa shape index (κ3) is 4.26. The molecule has 0 aromatic heterocycles. The standard InChI is InChI=1S/C13H18N2O2/c1-10(2)8-15(13(17)12(14)16)9-11-6-4-3-5-7-11/h3-7,10H,8-9H2,1-2H3,(H2,14,16). The van der Waals surface area contributed by atoms with Crippen LogP contribution < -0.4 is 5.73 Å². The van der Waals surface area contributed by atoms with E-state index in [0.717, 1.165) is 5.56 Å². The number of carbonyl (C=O) groups excluding carboxylic acids is 2. The first kappa shape index (κ1) is 13.2. The normalized spacial score (nSPS) is 10.3. The summed E-state index contributed by atoms with van der Waals surface area (Å²) >= 11 is 0. The molecule has 0 aliphatic rings. The summed E-state index contributed by atoms with van der Waals surface area (Å²) in [4.78, 5) is 24.1. The van der Waals surface area contributed by atoms with Crippen LogP contribution in [0.4, 0.5) is 0 Å². The Morgan fingerprint density at radius 2 is 1.82 bits per heavy atom. The number of carbonyl (C=O) groups is 2. The molecule has 0 heterocycles. The fraction of sp³-hybridized carbons (Fsp3) is 0.385. The van der Waals surface area contributed by atoms with Crippen LogP contribution in [0.2, 0.25) is 0 Å². The van der Waals surface area contributed by atoms with Crippen molar-refractivity contribution in [3.63, 3.8) is 0 Å². The zero-order chi connectivity index (χ0) is 12.8. The van der Waals surface area contributed by atoms with Gasteiger partial charge in [0.25, 0.3) is 0 Å². The lowest BCUT2D eigenvalue weighted by Gasteiger charge is -2.23. The second-order valence-corrected chi connectivity index (χ2v) is 4.43. The van der Waals surface area contributed by atoms with Crippen LogP contribution >= 0.6 is 0 Å². The van der Waals surface area contributed by atoms with E-state index in [0.29, 0.717) is 19.0 Å². The highest BCUT2D eigenvalue weighted by molar-refractivity contribution is 6.34. The average Bonchev–Trinajstić information content (AvgIpc) is 2.28. The van der Waals surface area contributed by atoms with Gasteiger partial charge in [-0.3, -0.25) is 9.59 Å². The third-order valence-corrected chi connectivity index (χ3v) is 2.30. The minimum Gasteiger partial charge on any atom is -0.361 e. The topological polar surface area (TPSA) is 63.4 Å². The smallest absolute Gasteiger partial charge is 0.311 e. The van der Waals surface area contributed by atoms with Crippen molar-refractivity contribution in [1.29, 1.82) is 0 Å². The van der Waals surface area contributed by atoms with Crippen LogP contribution in [0.5, 0.6) is 0 Å². The van der Waals surface area contributed by atoms with E-state index in [1.807, 2.05) is 44.2 Å². The summed E-state index contributed by atoms with van der Waals surface area (Å²) in [5.41, 5.74) is 6.02. The van der Waals surface area contributed by atoms with Crippen molar-refractivity contribution in [3.8, 4) is 0 Å². The fourth-order valence-corrected chi connectivity index (χ4v) is 1.62. The summed E-state index contributed by atoms with van der Waals surface area (Å²) in [7, 11) is 0. The van der Waals surface area contributed by atoms with Crippen molar-refractivity contribution >= 4 is 11.8 Å². The second kappa shape index (κ2) is 6.03. The van der Waals surface area contributed by atoms with Crippen LogP contribution in [0.25, 0.3) is 0 Å². The van der Waals surface area contributed by atoms with Gasteiger partial charge in [0.1, 0.15) is 0 Å². The fourth-order valence-electron chi connectivity index (χ4n) is 1.62. The number of nitrogens with two attached hydrogens (primary N) is 1. The van der Waals surface area contributed by atoms with E-state index in [9.17, 15) is 9.59 Å². The van der Waals surface area contributed by atoms with Gasteiger partial charge in [0.05, 0.1) is 0 Å². The molecule has 0 aliphatic carbocycles. The Bertz CT molecular complexity index is 388. The average molecular weight is 234 g/mol. The van der Waals surface area contributed by atoms with E-state index >= 15 is 0 Å². The molecule has 1 rings (SSSR count). The Hall–Kier alpha value is -1.84. The number of hydrogen-bond acceptors (Lipinski definition) is 2. The lowest BCUT2D eigenvalue weighted by Crippen LogP contribution is -2.41.